The van der Waals surface area contributed by atoms with Crippen LogP contribution in [0.3, 0.4) is 0 Å². The van der Waals surface area contributed by atoms with Crippen LogP contribution in [0.4, 0.5) is 15.9 Å². The number of thioether (sulfide) groups is 1. The quantitative estimate of drug-likeness (QED) is 0.592. The third-order valence-corrected chi connectivity index (χ3v) is 3.51. The summed E-state index contributed by atoms with van der Waals surface area (Å²) in [5.74, 6) is -1.09. The zero-order valence-corrected chi connectivity index (χ0v) is 12.8. The van der Waals surface area contributed by atoms with Gasteiger partial charge in [0.25, 0.3) is 11.5 Å². The molecule has 1 aromatic heterocycles. The van der Waals surface area contributed by atoms with Crippen molar-refractivity contribution in [3.63, 3.8) is 0 Å². The van der Waals surface area contributed by atoms with Crippen LogP contribution in [0.5, 0.6) is 0 Å². The van der Waals surface area contributed by atoms with E-state index in [4.69, 9.17) is 5.73 Å². The van der Waals surface area contributed by atoms with Gasteiger partial charge in [-0.15, -0.1) is 0 Å². The number of nitrogen functional groups attached to an aromatic ring is 1. The van der Waals surface area contributed by atoms with E-state index in [1.807, 2.05) is 13.8 Å². The Labute approximate surface area is 130 Å². The number of carbonyl (C=O) groups excluding carboxylic acids is 1. The van der Waals surface area contributed by atoms with Crippen LogP contribution in [-0.2, 0) is 0 Å². The van der Waals surface area contributed by atoms with Crippen LogP contribution >= 0.6 is 11.8 Å². The number of carbonyl (C=O) groups is 1. The number of amides is 1. The van der Waals surface area contributed by atoms with E-state index in [2.05, 4.69) is 15.3 Å². The standard InChI is InChI=1S/C14H15FN4O2S/c1-7(2)22-14-18-11(16)10(13(21)19-14)17-12(20)8-3-5-9(15)6-4-8/h3-7H,1-2H3,(H,17,20)(H3,16,18,19,21). The topological polar surface area (TPSA) is 101 Å². The molecule has 0 bridgehead atoms. The van der Waals surface area contributed by atoms with Gasteiger partial charge >= 0.3 is 0 Å². The fourth-order valence-electron chi connectivity index (χ4n) is 1.66. The number of hydrogen-bond acceptors (Lipinski definition) is 5. The van der Waals surface area contributed by atoms with Gasteiger partial charge in [-0.2, -0.15) is 0 Å². The second-order valence-electron chi connectivity index (χ2n) is 4.76. The van der Waals surface area contributed by atoms with Crippen molar-refractivity contribution in [2.45, 2.75) is 24.3 Å². The summed E-state index contributed by atoms with van der Waals surface area (Å²) in [6.07, 6.45) is 0. The minimum atomic E-state index is -0.566. The molecule has 2 rings (SSSR count). The molecule has 0 aliphatic rings. The van der Waals surface area contributed by atoms with E-state index >= 15 is 0 Å². The summed E-state index contributed by atoms with van der Waals surface area (Å²) in [6.45, 7) is 3.90. The Balaban J connectivity index is 2.24. The van der Waals surface area contributed by atoms with Gasteiger partial charge in [-0.3, -0.25) is 14.6 Å². The third kappa shape index (κ3) is 3.85. The first-order valence-electron chi connectivity index (χ1n) is 6.50. The Morgan fingerprint density at radius 2 is 2.00 bits per heavy atom. The summed E-state index contributed by atoms with van der Waals surface area (Å²) in [5, 5.41) is 3.00. The summed E-state index contributed by atoms with van der Waals surface area (Å²) in [7, 11) is 0. The van der Waals surface area contributed by atoms with Gasteiger partial charge in [0, 0.05) is 10.8 Å². The van der Waals surface area contributed by atoms with E-state index in [0.29, 0.717) is 5.16 Å². The monoisotopic (exact) mass is 322 g/mol. The Kier molecular flexibility index (Phi) is 4.81. The number of nitrogens with two attached hydrogens (primary N) is 1. The number of benzene rings is 1. The van der Waals surface area contributed by atoms with Crippen LogP contribution in [0, 0.1) is 5.82 Å². The largest absolute Gasteiger partial charge is 0.382 e. The Morgan fingerprint density at radius 1 is 1.36 bits per heavy atom. The van der Waals surface area contributed by atoms with Crippen molar-refractivity contribution in [3.05, 3.63) is 46.0 Å². The highest BCUT2D eigenvalue weighted by Crippen LogP contribution is 2.20. The van der Waals surface area contributed by atoms with E-state index in [1.54, 1.807) is 0 Å². The van der Waals surface area contributed by atoms with E-state index in [-0.39, 0.29) is 22.3 Å². The molecule has 0 aliphatic carbocycles. The van der Waals surface area contributed by atoms with Gasteiger partial charge in [0.05, 0.1) is 0 Å². The molecule has 0 unspecified atom stereocenters. The van der Waals surface area contributed by atoms with Crippen LogP contribution < -0.4 is 16.6 Å². The number of H-pyrrole nitrogens is 1. The zero-order valence-electron chi connectivity index (χ0n) is 12.0. The average molecular weight is 322 g/mol. The lowest BCUT2D eigenvalue weighted by atomic mass is 10.2. The lowest BCUT2D eigenvalue weighted by Gasteiger charge is -2.09. The molecule has 0 saturated heterocycles. The summed E-state index contributed by atoms with van der Waals surface area (Å²) in [6, 6.07) is 4.93. The molecule has 6 nitrogen and oxygen atoms in total. The van der Waals surface area contributed by atoms with E-state index < -0.39 is 17.3 Å². The molecule has 2 aromatic rings. The second kappa shape index (κ2) is 6.61. The number of anilines is 2. The van der Waals surface area contributed by atoms with Crippen LogP contribution in [0.25, 0.3) is 0 Å². The normalized spacial score (nSPS) is 10.7. The minimum absolute atomic E-state index is 0.0673. The summed E-state index contributed by atoms with van der Waals surface area (Å²) >= 11 is 1.35. The van der Waals surface area contributed by atoms with E-state index in [9.17, 15) is 14.0 Å². The highest BCUT2D eigenvalue weighted by molar-refractivity contribution is 7.99. The maximum absolute atomic E-state index is 12.8. The van der Waals surface area contributed by atoms with Crippen molar-refractivity contribution in [1.29, 1.82) is 0 Å². The molecule has 4 N–H and O–H groups in total. The molecule has 8 heteroatoms. The first-order valence-corrected chi connectivity index (χ1v) is 7.38. The molecule has 0 atom stereocenters. The fraction of sp³-hybridized carbons (Fsp3) is 0.214. The smallest absolute Gasteiger partial charge is 0.277 e. The summed E-state index contributed by atoms with van der Waals surface area (Å²) in [5.41, 5.74) is 5.28. The molecule has 1 heterocycles. The number of hydrogen-bond donors (Lipinski definition) is 3. The van der Waals surface area contributed by atoms with Crippen molar-refractivity contribution < 1.29 is 9.18 Å². The van der Waals surface area contributed by atoms with Gasteiger partial charge in [0.2, 0.25) is 0 Å². The Morgan fingerprint density at radius 3 is 2.55 bits per heavy atom. The van der Waals surface area contributed by atoms with Crippen LogP contribution in [0.15, 0.2) is 34.2 Å². The Bertz CT molecular complexity index is 743. The number of halogens is 1. The van der Waals surface area contributed by atoms with Crippen molar-refractivity contribution in [3.8, 4) is 0 Å². The number of aromatic amines is 1. The predicted molar refractivity (Wildman–Crippen MR) is 84.6 cm³/mol. The minimum Gasteiger partial charge on any atom is -0.382 e. The number of rotatable bonds is 4. The molecule has 0 saturated carbocycles. The third-order valence-electron chi connectivity index (χ3n) is 2.62. The molecule has 0 fully saturated rings. The van der Waals surface area contributed by atoms with Gasteiger partial charge in [-0.1, -0.05) is 25.6 Å². The van der Waals surface area contributed by atoms with Crippen molar-refractivity contribution >= 4 is 29.2 Å². The molecular formula is C14H15FN4O2S. The van der Waals surface area contributed by atoms with Crippen molar-refractivity contribution in [1.82, 2.24) is 9.97 Å². The number of nitrogens with zero attached hydrogens (tertiary/aromatic N) is 1. The molecule has 1 amide bonds. The molecule has 0 radical (unpaired) electrons. The SMILES string of the molecule is CC(C)Sc1nc(N)c(NC(=O)c2ccc(F)cc2)c(=O)[nH]1. The molecular weight excluding hydrogens is 307 g/mol. The number of nitrogens with one attached hydrogen (secondary N) is 2. The van der Waals surface area contributed by atoms with Crippen LogP contribution in [-0.4, -0.2) is 21.1 Å². The molecule has 0 aliphatic heterocycles. The maximum Gasteiger partial charge on any atom is 0.277 e. The van der Waals surface area contributed by atoms with Crippen LogP contribution in [0.1, 0.15) is 24.2 Å². The van der Waals surface area contributed by atoms with Gasteiger partial charge < -0.3 is 11.1 Å². The first kappa shape index (κ1) is 16.0. The molecule has 116 valence electrons. The first-order chi connectivity index (χ1) is 10.4. The highest BCUT2D eigenvalue weighted by Gasteiger charge is 2.14. The molecule has 1 aromatic carbocycles. The van der Waals surface area contributed by atoms with Gasteiger partial charge in [-0.05, 0) is 24.3 Å². The summed E-state index contributed by atoms with van der Waals surface area (Å²) in [4.78, 5) is 30.6. The van der Waals surface area contributed by atoms with E-state index in [1.165, 1.54) is 23.9 Å². The molecule has 0 spiro atoms. The summed E-state index contributed by atoms with van der Waals surface area (Å²) < 4.78 is 12.8. The second-order valence-corrected chi connectivity index (χ2v) is 6.32. The zero-order chi connectivity index (χ0) is 16.3. The number of aromatic nitrogens is 2. The predicted octanol–water partition coefficient (Wildman–Crippen LogP) is 2.24. The van der Waals surface area contributed by atoms with E-state index in [0.717, 1.165) is 12.1 Å². The van der Waals surface area contributed by atoms with Gasteiger partial charge in [-0.25, -0.2) is 9.37 Å². The molecule has 22 heavy (non-hydrogen) atoms. The highest BCUT2D eigenvalue weighted by atomic mass is 32.2. The lowest BCUT2D eigenvalue weighted by molar-refractivity contribution is 0.102. The van der Waals surface area contributed by atoms with Crippen molar-refractivity contribution in [2.75, 3.05) is 11.1 Å². The van der Waals surface area contributed by atoms with Gasteiger partial charge in [0.1, 0.15) is 11.5 Å². The fourth-order valence-corrected chi connectivity index (χ4v) is 2.41. The lowest BCUT2D eigenvalue weighted by Crippen LogP contribution is -2.23. The van der Waals surface area contributed by atoms with Gasteiger partial charge in [0.15, 0.2) is 11.0 Å². The average Bonchev–Trinajstić information content (AvgIpc) is 2.42. The van der Waals surface area contributed by atoms with Crippen molar-refractivity contribution in [2.24, 2.45) is 0 Å². The Hall–Kier alpha value is -2.35. The maximum atomic E-state index is 12.8. The van der Waals surface area contributed by atoms with Crippen LogP contribution in [0.2, 0.25) is 0 Å².